The Labute approximate surface area is 205 Å². The van der Waals surface area contributed by atoms with Crippen molar-refractivity contribution < 1.29 is 9.47 Å². The SMILES string of the molecule is C[C@]1(Sc2ccccc2N2CCCC2)CO[C@](CCc2ccc(Cl)cc2)(Cn2ccnc2)O1. The molecule has 2 atom stereocenters. The van der Waals surface area contributed by atoms with E-state index in [2.05, 4.69) is 53.2 Å². The molecule has 0 amide bonds. The van der Waals surface area contributed by atoms with Gasteiger partial charge in [-0.05, 0) is 56.0 Å². The van der Waals surface area contributed by atoms with Crippen LogP contribution in [0.1, 0.15) is 31.7 Å². The van der Waals surface area contributed by atoms with E-state index in [1.165, 1.54) is 29.0 Å². The van der Waals surface area contributed by atoms with Gasteiger partial charge < -0.3 is 18.9 Å². The summed E-state index contributed by atoms with van der Waals surface area (Å²) < 4.78 is 15.3. The van der Waals surface area contributed by atoms with Crippen LogP contribution in [0.5, 0.6) is 0 Å². The number of para-hydroxylation sites is 1. The van der Waals surface area contributed by atoms with Gasteiger partial charge in [-0.1, -0.05) is 47.6 Å². The number of hydrogen-bond acceptors (Lipinski definition) is 5. The summed E-state index contributed by atoms with van der Waals surface area (Å²) in [6, 6.07) is 16.7. The molecule has 2 aliphatic heterocycles. The Hall–Kier alpha value is -1.99. The van der Waals surface area contributed by atoms with Gasteiger partial charge in [0.1, 0.15) is 4.93 Å². The van der Waals surface area contributed by atoms with E-state index in [9.17, 15) is 0 Å². The summed E-state index contributed by atoms with van der Waals surface area (Å²) in [5.41, 5.74) is 2.52. The molecule has 3 heterocycles. The lowest BCUT2D eigenvalue weighted by atomic mass is 10.0. The highest BCUT2D eigenvalue weighted by atomic mass is 35.5. The Morgan fingerprint density at radius 2 is 1.88 bits per heavy atom. The number of anilines is 1. The van der Waals surface area contributed by atoms with E-state index in [0.717, 1.165) is 31.0 Å². The van der Waals surface area contributed by atoms with E-state index in [1.54, 1.807) is 18.0 Å². The maximum absolute atomic E-state index is 6.82. The number of nitrogens with zero attached hydrogens (tertiary/aromatic N) is 3. The van der Waals surface area contributed by atoms with E-state index in [0.29, 0.717) is 13.2 Å². The Morgan fingerprint density at radius 1 is 1.09 bits per heavy atom. The molecule has 2 aromatic carbocycles. The molecule has 33 heavy (non-hydrogen) atoms. The van der Waals surface area contributed by atoms with Crippen molar-refractivity contribution in [2.75, 3.05) is 24.6 Å². The van der Waals surface area contributed by atoms with Crippen LogP contribution in [0.3, 0.4) is 0 Å². The smallest absolute Gasteiger partial charge is 0.188 e. The van der Waals surface area contributed by atoms with Gasteiger partial charge in [0.15, 0.2) is 5.79 Å². The highest BCUT2D eigenvalue weighted by molar-refractivity contribution is 8.00. The first-order valence-corrected chi connectivity index (χ1v) is 12.8. The molecule has 0 spiro atoms. The first-order chi connectivity index (χ1) is 16.0. The molecule has 0 saturated carbocycles. The van der Waals surface area contributed by atoms with Crippen molar-refractivity contribution >= 4 is 29.1 Å². The molecule has 5 nitrogen and oxygen atoms in total. The number of aryl methyl sites for hydroxylation is 1. The summed E-state index contributed by atoms with van der Waals surface area (Å²) >= 11 is 7.84. The normalized spacial score (nSPS) is 25.1. The molecule has 2 fully saturated rings. The minimum absolute atomic E-state index is 0.476. The van der Waals surface area contributed by atoms with Crippen LogP contribution in [-0.4, -0.2) is 40.0 Å². The van der Waals surface area contributed by atoms with Crippen LogP contribution in [0.2, 0.25) is 5.02 Å². The second-order valence-corrected chi connectivity index (χ2v) is 11.0. The zero-order valence-corrected chi connectivity index (χ0v) is 20.5. The minimum atomic E-state index is -0.718. The highest BCUT2D eigenvalue weighted by Gasteiger charge is 2.49. The maximum Gasteiger partial charge on any atom is 0.188 e. The van der Waals surface area contributed by atoms with Crippen LogP contribution in [-0.2, 0) is 22.4 Å². The fourth-order valence-corrected chi connectivity index (χ4v) is 6.04. The van der Waals surface area contributed by atoms with Gasteiger partial charge in [0.05, 0.1) is 25.2 Å². The molecule has 0 aliphatic carbocycles. The summed E-state index contributed by atoms with van der Waals surface area (Å²) in [7, 11) is 0. The zero-order valence-electron chi connectivity index (χ0n) is 19.0. The highest BCUT2D eigenvalue weighted by Crippen LogP contribution is 2.47. The van der Waals surface area contributed by atoms with Crippen LogP contribution in [0, 0.1) is 0 Å². The Morgan fingerprint density at radius 3 is 2.64 bits per heavy atom. The van der Waals surface area contributed by atoms with Crippen molar-refractivity contribution in [3.05, 3.63) is 77.8 Å². The van der Waals surface area contributed by atoms with Crippen molar-refractivity contribution in [3.63, 3.8) is 0 Å². The molecule has 0 N–H and O–H groups in total. The number of imidazole rings is 1. The van der Waals surface area contributed by atoms with Gasteiger partial charge in [-0.3, -0.25) is 0 Å². The van der Waals surface area contributed by atoms with Gasteiger partial charge in [-0.15, -0.1) is 0 Å². The molecular formula is C26H30ClN3O2S. The monoisotopic (exact) mass is 483 g/mol. The molecule has 174 valence electrons. The van der Waals surface area contributed by atoms with E-state index in [4.69, 9.17) is 21.1 Å². The van der Waals surface area contributed by atoms with Crippen LogP contribution >= 0.6 is 23.4 Å². The number of aromatic nitrogens is 2. The molecule has 1 aromatic heterocycles. The minimum Gasteiger partial charge on any atom is -0.371 e. The predicted octanol–water partition coefficient (Wildman–Crippen LogP) is 6.02. The Kier molecular flexibility index (Phi) is 6.70. The van der Waals surface area contributed by atoms with Crippen molar-refractivity contribution in [3.8, 4) is 0 Å². The third-order valence-corrected chi connectivity index (χ3v) is 7.78. The fourth-order valence-electron chi connectivity index (χ4n) is 4.69. The average molecular weight is 484 g/mol. The van der Waals surface area contributed by atoms with E-state index in [1.807, 2.05) is 29.2 Å². The number of halogens is 1. The summed E-state index contributed by atoms with van der Waals surface area (Å²) in [5, 5.41) is 0.751. The van der Waals surface area contributed by atoms with Crippen LogP contribution < -0.4 is 4.90 Å². The second-order valence-electron chi connectivity index (χ2n) is 9.06. The number of thioether (sulfide) groups is 1. The van der Waals surface area contributed by atoms with Gasteiger partial charge in [-0.25, -0.2) is 4.98 Å². The van der Waals surface area contributed by atoms with Crippen LogP contribution in [0.15, 0.2) is 72.1 Å². The van der Waals surface area contributed by atoms with Gasteiger partial charge in [0.2, 0.25) is 0 Å². The lowest BCUT2D eigenvalue weighted by Gasteiger charge is -2.32. The lowest BCUT2D eigenvalue weighted by Crippen LogP contribution is -2.38. The fraction of sp³-hybridized carbons (Fsp3) is 0.423. The summed E-state index contributed by atoms with van der Waals surface area (Å²) in [6.07, 6.45) is 9.68. The van der Waals surface area contributed by atoms with Gasteiger partial charge in [0.25, 0.3) is 0 Å². The molecule has 7 heteroatoms. The number of benzene rings is 2. The Bertz CT molecular complexity index is 1060. The maximum atomic E-state index is 6.82. The summed E-state index contributed by atoms with van der Waals surface area (Å²) in [5.74, 6) is -0.718. The third-order valence-electron chi connectivity index (χ3n) is 6.33. The molecule has 2 aliphatic rings. The van der Waals surface area contributed by atoms with Crippen molar-refractivity contribution in [2.45, 2.75) is 54.8 Å². The molecule has 5 rings (SSSR count). The summed E-state index contributed by atoms with van der Waals surface area (Å²) in [6.45, 7) is 5.52. The van der Waals surface area contributed by atoms with Crippen molar-refractivity contribution in [1.82, 2.24) is 9.55 Å². The molecular weight excluding hydrogens is 454 g/mol. The zero-order chi connectivity index (χ0) is 22.7. The third kappa shape index (κ3) is 5.40. The lowest BCUT2D eigenvalue weighted by molar-refractivity contribution is -0.184. The number of ether oxygens (including phenoxy) is 2. The first-order valence-electron chi connectivity index (χ1n) is 11.6. The predicted molar refractivity (Wildman–Crippen MR) is 134 cm³/mol. The van der Waals surface area contributed by atoms with Gasteiger partial charge >= 0.3 is 0 Å². The van der Waals surface area contributed by atoms with Crippen LogP contribution in [0.25, 0.3) is 0 Å². The van der Waals surface area contributed by atoms with Gasteiger partial charge in [-0.2, -0.15) is 0 Å². The molecule has 0 radical (unpaired) electrons. The van der Waals surface area contributed by atoms with Crippen LogP contribution in [0.4, 0.5) is 5.69 Å². The van der Waals surface area contributed by atoms with E-state index < -0.39 is 10.7 Å². The molecule has 0 unspecified atom stereocenters. The number of hydrogen-bond donors (Lipinski definition) is 0. The molecule has 3 aromatic rings. The second kappa shape index (κ2) is 9.71. The summed E-state index contributed by atoms with van der Waals surface area (Å²) in [4.78, 5) is 7.47. The van der Waals surface area contributed by atoms with Crippen molar-refractivity contribution in [1.29, 1.82) is 0 Å². The Balaban J connectivity index is 1.35. The molecule has 2 saturated heterocycles. The largest absolute Gasteiger partial charge is 0.371 e. The van der Waals surface area contributed by atoms with Gasteiger partial charge in [0, 0.05) is 41.8 Å². The molecule has 0 bridgehead atoms. The van der Waals surface area contributed by atoms with E-state index >= 15 is 0 Å². The average Bonchev–Trinajstić information content (AvgIpc) is 3.57. The topological polar surface area (TPSA) is 39.5 Å². The standard InChI is InChI=1S/C26H30ClN3O2S/c1-25(33-24-7-3-2-6-23(24)30-15-4-5-16-30)19-31-26(32-25,18-29-17-14-28-20-29)13-12-21-8-10-22(27)11-9-21/h2-3,6-11,14,17,20H,4-5,12-13,15-16,18-19H2,1H3/t25-,26-/m0/s1. The first kappa shape index (κ1) is 22.8. The van der Waals surface area contributed by atoms with E-state index in [-0.39, 0.29) is 0 Å². The van der Waals surface area contributed by atoms with Crippen molar-refractivity contribution in [2.24, 2.45) is 0 Å². The number of rotatable bonds is 8. The quantitative estimate of drug-likeness (QED) is 0.391.